The van der Waals surface area contributed by atoms with Crippen LogP contribution in [0, 0.1) is 11.7 Å². The molecular weight excluding hydrogens is 263 g/mol. The third-order valence-corrected chi connectivity index (χ3v) is 5.54. The van der Waals surface area contributed by atoms with Crippen LogP contribution in [0.3, 0.4) is 0 Å². The van der Waals surface area contributed by atoms with E-state index >= 15 is 0 Å². The first kappa shape index (κ1) is 15.0. The molecule has 2 nitrogen and oxygen atoms in total. The summed E-state index contributed by atoms with van der Waals surface area (Å²) in [5.74, 6) is 0.667. The molecule has 2 saturated heterocycles. The Morgan fingerprint density at radius 2 is 1.90 bits per heavy atom. The van der Waals surface area contributed by atoms with Gasteiger partial charge in [0, 0.05) is 23.7 Å². The van der Waals surface area contributed by atoms with Crippen molar-refractivity contribution in [3.63, 3.8) is 0 Å². The zero-order valence-electron chi connectivity index (χ0n) is 13.2. The van der Waals surface area contributed by atoms with Gasteiger partial charge in [0.1, 0.15) is 5.82 Å². The van der Waals surface area contributed by atoms with E-state index in [-0.39, 0.29) is 11.9 Å². The fraction of sp³-hybridized carbons (Fsp3) is 0.667. The molecule has 3 rings (SSSR count). The molecule has 2 heterocycles. The van der Waals surface area contributed by atoms with Crippen molar-refractivity contribution in [1.29, 1.82) is 0 Å². The van der Waals surface area contributed by atoms with Gasteiger partial charge in [0.15, 0.2) is 0 Å². The largest absolute Gasteiger partial charge is 0.310 e. The van der Waals surface area contributed by atoms with Crippen molar-refractivity contribution >= 4 is 0 Å². The fourth-order valence-electron chi connectivity index (χ4n) is 4.23. The Hall–Kier alpha value is -0.930. The Bertz CT molecular complexity index is 462. The normalized spacial score (nSPS) is 30.5. The van der Waals surface area contributed by atoms with Crippen LogP contribution in [0.5, 0.6) is 0 Å². The van der Waals surface area contributed by atoms with E-state index in [1.54, 1.807) is 12.1 Å². The van der Waals surface area contributed by atoms with Crippen LogP contribution in [0.4, 0.5) is 4.39 Å². The summed E-state index contributed by atoms with van der Waals surface area (Å²) in [6.45, 7) is 3.15. The minimum atomic E-state index is -0.0831. The van der Waals surface area contributed by atoms with E-state index in [0.717, 1.165) is 36.5 Å². The summed E-state index contributed by atoms with van der Waals surface area (Å²) in [5, 5.41) is 3.62. The maximum absolute atomic E-state index is 13.9. The summed E-state index contributed by atoms with van der Waals surface area (Å²) in [6, 6.07) is 8.87. The Morgan fingerprint density at radius 3 is 2.52 bits per heavy atom. The van der Waals surface area contributed by atoms with Gasteiger partial charge < -0.3 is 10.2 Å². The third-order valence-electron chi connectivity index (χ3n) is 5.54. The highest BCUT2D eigenvalue weighted by Crippen LogP contribution is 2.37. The van der Waals surface area contributed by atoms with Crippen molar-refractivity contribution in [2.45, 2.75) is 57.2 Å². The average Bonchev–Trinajstić information content (AvgIpc) is 2.72. The number of hydrogen-bond acceptors (Lipinski definition) is 2. The van der Waals surface area contributed by atoms with Crippen molar-refractivity contribution in [3.05, 3.63) is 35.6 Å². The zero-order valence-corrected chi connectivity index (χ0v) is 13.2. The second kappa shape index (κ2) is 6.45. The first-order valence-electron chi connectivity index (χ1n) is 8.38. The molecule has 3 atom stereocenters. The van der Waals surface area contributed by atoms with Gasteiger partial charge >= 0.3 is 0 Å². The number of benzene rings is 1. The Morgan fingerprint density at radius 1 is 1.24 bits per heavy atom. The molecule has 0 amide bonds. The monoisotopic (exact) mass is 290 g/mol. The number of halogens is 1. The van der Waals surface area contributed by atoms with Crippen molar-refractivity contribution in [2.75, 3.05) is 13.6 Å². The van der Waals surface area contributed by atoms with Gasteiger partial charge in [-0.3, -0.25) is 0 Å². The van der Waals surface area contributed by atoms with Crippen molar-refractivity contribution in [1.82, 2.24) is 10.2 Å². The number of piperidine rings is 1. The smallest absolute Gasteiger partial charge is 0.127 e. The SMILES string of the molecule is CCC(NCC1CC2CCC(C1)N2C)c1ccccc1F. The minimum Gasteiger partial charge on any atom is -0.310 e. The zero-order chi connectivity index (χ0) is 14.8. The molecule has 1 aromatic carbocycles. The van der Waals surface area contributed by atoms with E-state index in [4.69, 9.17) is 0 Å². The number of fused-ring (bicyclic) bond motifs is 2. The van der Waals surface area contributed by atoms with Gasteiger partial charge in [0.2, 0.25) is 0 Å². The predicted molar refractivity (Wildman–Crippen MR) is 84.7 cm³/mol. The minimum absolute atomic E-state index is 0.0831. The van der Waals surface area contributed by atoms with Crippen LogP contribution in [0.1, 0.15) is 50.6 Å². The van der Waals surface area contributed by atoms with Gasteiger partial charge in [0.25, 0.3) is 0 Å². The molecule has 0 aliphatic carbocycles. The number of rotatable bonds is 5. The lowest BCUT2D eigenvalue weighted by Gasteiger charge is -2.37. The maximum Gasteiger partial charge on any atom is 0.127 e. The van der Waals surface area contributed by atoms with Crippen LogP contribution in [-0.2, 0) is 0 Å². The van der Waals surface area contributed by atoms with Crippen LogP contribution in [0.2, 0.25) is 0 Å². The van der Waals surface area contributed by atoms with Crippen LogP contribution >= 0.6 is 0 Å². The van der Waals surface area contributed by atoms with Gasteiger partial charge in [-0.15, -0.1) is 0 Å². The molecule has 3 heteroatoms. The Kier molecular flexibility index (Phi) is 4.60. The quantitative estimate of drug-likeness (QED) is 0.888. The van der Waals surface area contributed by atoms with Crippen molar-refractivity contribution in [3.8, 4) is 0 Å². The van der Waals surface area contributed by atoms with Crippen LogP contribution in [-0.4, -0.2) is 30.6 Å². The van der Waals surface area contributed by atoms with Gasteiger partial charge in [-0.05, 0) is 57.7 Å². The van der Waals surface area contributed by atoms with Gasteiger partial charge in [-0.2, -0.15) is 0 Å². The molecule has 3 unspecified atom stereocenters. The molecular formula is C18H27FN2. The molecule has 116 valence electrons. The van der Waals surface area contributed by atoms with Gasteiger partial charge in [-0.25, -0.2) is 4.39 Å². The Labute approximate surface area is 127 Å². The highest BCUT2D eigenvalue weighted by Gasteiger charge is 2.38. The number of hydrogen-bond donors (Lipinski definition) is 1. The lowest BCUT2D eigenvalue weighted by Crippen LogP contribution is -2.43. The van der Waals surface area contributed by atoms with E-state index in [2.05, 4.69) is 24.2 Å². The summed E-state index contributed by atoms with van der Waals surface area (Å²) in [4.78, 5) is 2.57. The van der Waals surface area contributed by atoms with E-state index in [1.165, 1.54) is 25.7 Å². The second-order valence-corrected chi connectivity index (χ2v) is 6.78. The third kappa shape index (κ3) is 3.14. The highest BCUT2D eigenvalue weighted by atomic mass is 19.1. The molecule has 1 N–H and O–H groups in total. The van der Waals surface area contributed by atoms with E-state index < -0.39 is 0 Å². The first-order chi connectivity index (χ1) is 10.2. The maximum atomic E-state index is 13.9. The molecule has 2 aliphatic rings. The molecule has 2 aliphatic heterocycles. The van der Waals surface area contributed by atoms with Crippen molar-refractivity contribution in [2.24, 2.45) is 5.92 Å². The van der Waals surface area contributed by atoms with Crippen molar-refractivity contribution < 1.29 is 4.39 Å². The standard InChI is InChI=1S/C18H27FN2/c1-3-18(16-6-4-5-7-17(16)19)20-12-13-10-14-8-9-15(11-13)21(14)2/h4-7,13-15,18,20H,3,8-12H2,1-2H3. The molecule has 0 aromatic heterocycles. The number of nitrogens with one attached hydrogen (secondary N) is 1. The molecule has 0 saturated carbocycles. The molecule has 0 radical (unpaired) electrons. The summed E-state index contributed by atoms with van der Waals surface area (Å²) >= 11 is 0. The molecule has 2 bridgehead atoms. The molecule has 21 heavy (non-hydrogen) atoms. The summed E-state index contributed by atoms with van der Waals surface area (Å²) < 4.78 is 13.9. The number of nitrogens with zero attached hydrogens (tertiary/aromatic N) is 1. The lowest BCUT2D eigenvalue weighted by atomic mass is 9.90. The van der Waals surface area contributed by atoms with E-state index in [1.807, 2.05) is 12.1 Å². The van der Waals surface area contributed by atoms with E-state index in [0.29, 0.717) is 0 Å². The topological polar surface area (TPSA) is 15.3 Å². The summed E-state index contributed by atoms with van der Waals surface area (Å²) in [6.07, 6.45) is 6.26. The second-order valence-electron chi connectivity index (χ2n) is 6.78. The summed E-state index contributed by atoms with van der Waals surface area (Å²) in [5.41, 5.74) is 0.816. The average molecular weight is 290 g/mol. The van der Waals surface area contributed by atoms with Gasteiger partial charge in [0.05, 0.1) is 0 Å². The van der Waals surface area contributed by atoms with Gasteiger partial charge in [-0.1, -0.05) is 25.1 Å². The molecule has 2 fully saturated rings. The van der Waals surface area contributed by atoms with Crippen LogP contribution in [0.15, 0.2) is 24.3 Å². The first-order valence-corrected chi connectivity index (χ1v) is 8.38. The van der Waals surface area contributed by atoms with E-state index in [9.17, 15) is 4.39 Å². The Balaban J connectivity index is 1.58. The van der Waals surface area contributed by atoms with Crippen LogP contribution < -0.4 is 5.32 Å². The fourth-order valence-corrected chi connectivity index (χ4v) is 4.23. The van der Waals surface area contributed by atoms with Crippen LogP contribution in [0.25, 0.3) is 0 Å². The highest BCUT2D eigenvalue weighted by molar-refractivity contribution is 5.21. The lowest BCUT2D eigenvalue weighted by molar-refractivity contribution is 0.131. The molecule has 0 spiro atoms. The predicted octanol–water partition coefficient (Wildman–Crippen LogP) is 3.74. The molecule has 1 aromatic rings. The summed E-state index contributed by atoms with van der Waals surface area (Å²) in [7, 11) is 2.28.